The van der Waals surface area contributed by atoms with Gasteiger partial charge in [0.2, 0.25) is 0 Å². The van der Waals surface area contributed by atoms with Crippen molar-refractivity contribution < 1.29 is 33.6 Å². The summed E-state index contributed by atoms with van der Waals surface area (Å²) in [5.74, 6) is 0.409. The summed E-state index contributed by atoms with van der Waals surface area (Å²) in [6.45, 7) is 5.84. The van der Waals surface area contributed by atoms with Crippen molar-refractivity contribution in [3.63, 3.8) is 0 Å². The third-order valence-corrected chi connectivity index (χ3v) is 8.08. The average Bonchev–Trinajstić information content (AvgIpc) is 3.54. The number of aliphatic hydroxyl groups excluding tert-OH is 1. The number of amides is 1. The van der Waals surface area contributed by atoms with E-state index < -0.39 is 17.7 Å². The molecule has 0 aliphatic carbocycles. The Kier molecular flexibility index (Phi) is 7.71. The highest BCUT2D eigenvalue weighted by Crippen LogP contribution is 2.46. The van der Waals surface area contributed by atoms with E-state index in [0.29, 0.717) is 71.2 Å². The third-order valence-electron chi connectivity index (χ3n) is 7.07. The van der Waals surface area contributed by atoms with Crippen LogP contribution < -0.4 is 23.8 Å². The minimum Gasteiger partial charge on any atom is -0.507 e. The molecule has 0 unspecified atom stereocenters. The van der Waals surface area contributed by atoms with Crippen molar-refractivity contribution in [3.05, 3.63) is 77.4 Å². The van der Waals surface area contributed by atoms with Crippen molar-refractivity contribution in [3.8, 4) is 23.0 Å². The van der Waals surface area contributed by atoms with E-state index in [9.17, 15) is 14.7 Å². The fraction of sp³-hybridized carbons (Fsp3) is 0.281. The number of hydrogen-bond acceptors (Lipinski definition) is 9. The molecule has 3 heterocycles. The molecule has 1 amide bonds. The van der Waals surface area contributed by atoms with E-state index in [0.717, 1.165) is 17.5 Å². The topological polar surface area (TPSA) is 107 Å². The molecule has 0 bridgehead atoms. The number of anilines is 1. The lowest BCUT2D eigenvalue weighted by Crippen LogP contribution is -2.29. The summed E-state index contributed by atoms with van der Waals surface area (Å²) in [5.41, 5.74) is 1.57. The maximum atomic E-state index is 13.7. The van der Waals surface area contributed by atoms with Gasteiger partial charge in [0.15, 0.2) is 16.6 Å². The number of fused-ring (bicyclic) bond motifs is 2. The Hall–Kier alpha value is -4.57. The van der Waals surface area contributed by atoms with Crippen LogP contribution in [0.2, 0.25) is 0 Å². The molecule has 9 nitrogen and oxygen atoms in total. The second-order valence-electron chi connectivity index (χ2n) is 9.86. The van der Waals surface area contributed by atoms with Crippen LogP contribution in [0, 0.1) is 0 Å². The molecule has 2 aliphatic rings. The van der Waals surface area contributed by atoms with Gasteiger partial charge >= 0.3 is 5.91 Å². The lowest BCUT2D eigenvalue weighted by molar-refractivity contribution is -0.132. The number of hydrogen-bond donors (Lipinski definition) is 1. The first-order chi connectivity index (χ1) is 20.5. The van der Waals surface area contributed by atoms with E-state index >= 15 is 0 Å². The summed E-state index contributed by atoms with van der Waals surface area (Å²) in [6.07, 6.45) is 1.88. The van der Waals surface area contributed by atoms with E-state index in [4.69, 9.17) is 23.9 Å². The normalized spacial score (nSPS) is 17.6. The first kappa shape index (κ1) is 27.6. The van der Waals surface area contributed by atoms with E-state index in [1.165, 1.54) is 16.2 Å². The van der Waals surface area contributed by atoms with Crippen LogP contribution in [0.3, 0.4) is 0 Å². The molecule has 1 fully saturated rings. The van der Waals surface area contributed by atoms with Crippen LogP contribution in [-0.4, -0.2) is 48.2 Å². The highest BCUT2D eigenvalue weighted by molar-refractivity contribution is 7.22. The Morgan fingerprint density at radius 3 is 2.62 bits per heavy atom. The Bertz CT molecular complexity index is 1700. The molecule has 4 aromatic rings. The molecule has 0 saturated carbocycles. The molecular weight excluding hydrogens is 556 g/mol. The van der Waals surface area contributed by atoms with Gasteiger partial charge in [0.25, 0.3) is 5.78 Å². The number of aliphatic hydroxyl groups is 1. The molecule has 3 aromatic carbocycles. The summed E-state index contributed by atoms with van der Waals surface area (Å²) >= 11 is 1.28. The predicted molar refractivity (Wildman–Crippen MR) is 160 cm³/mol. The smallest absolute Gasteiger partial charge is 0.301 e. The number of Topliss-reactive ketones (excluding diaryl/α,β-unsaturated/α-hetero) is 1. The molecule has 1 aromatic heterocycles. The molecule has 2 aliphatic heterocycles. The summed E-state index contributed by atoms with van der Waals surface area (Å²) in [4.78, 5) is 33.5. The van der Waals surface area contributed by atoms with Crippen molar-refractivity contribution >= 4 is 44.1 Å². The summed E-state index contributed by atoms with van der Waals surface area (Å²) in [7, 11) is 0. The summed E-state index contributed by atoms with van der Waals surface area (Å²) in [5, 5.41) is 11.9. The minimum absolute atomic E-state index is 0.0448. The third kappa shape index (κ3) is 5.14. The molecule has 0 spiro atoms. The number of carbonyl (C=O) groups excluding carboxylic acids is 2. The van der Waals surface area contributed by atoms with Crippen molar-refractivity contribution in [2.75, 3.05) is 31.3 Å². The Morgan fingerprint density at radius 1 is 1.00 bits per heavy atom. The van der Waals surface area contributed by atoms with Crippen LogP contribution in [-0.2, 0) is 9.59 Å². The van der Waals surface area contributed by atoms with Gasteiger partial charge in [-0.25, -0.2) is 4.98 Å². The number of thiazole rings is 1. The summed E-state index contributed by atoms with van der Waals surface area (Å²) < 4.78 is 23.7. The van der Waals surface area contributed by atoms with Crippen molar-refractivity contribution in [1.29, 1.82) is 0 Å². The first-order valence-corrected chi connectivity index (χ1v) is 14.8. The van der Waals surface area contributed by atoms with Gasteiger partial charge in [-0.1, -0.05) is 36.8 Å². The van der Waals surface area contributed by atoms with Crippen LogP contribution in [0.4, 0.5) is 5.13 Å². The monoisotopic (exact) mass is 586 g/mol. The molecule has 42 heavy (non-hydrogen) atoms. The molecule has 1 atom stereocenters. The molecule has 216 valence electrons. The van der Waals surface area contributed by atoms with Gasteiger partial charge in [-0.15, -0.1) is 0 Å². The zero-order chi connectivity index (χ0) is 29.2. The van der Waals surface area contributed by atoms with E-state index in [2.05, 4.69) is 6.92 Å². The maximum absolute atomic E-state index is 13.7. The number of nitrogens with zero attached hydrogens (tertiary/aromatic N) is 2. The number of unbranched alkanes of at least 4 members (excludes halogenated alkanes) is 1. The van der Waals surface area contributed by atoms with Gasteiger partial charge < -0.3 is 24.1 Å². The molecule has 1 saturated heterocycles. The van der Waals surface area contributed by atoms with Crippen LogP contribution in [0.1, 0.15) is 43.9 Å². The Balaban J connectivity index is 1.49. The van der Waals surface area contributed by atoms with Gasteiger partial charge in [-0.05, 0) is 67.4 Å². The van der Waals surface area contributed by atoms with Gasteiger partial charge in [0, 0.05) is 5.56 Å². The van der Waals surface area contributed by atoms with Gasteiger partial charge in [0.05, 0.1) is 35.0 Å². The van der Waals surface area contributed by atoms with Crippen molar-refractivity contribution in [2.45, 2.75) is 32.7 Å². The minimum atomic E-state index is -0.945. The van der Waals surface area contributed by atoms with Gasteiger partial charge in [-0.3, -0.25) is 14.5 Å². The largest absolute Gasteiger partial charge is 0.507 e. The zero-order valence-electron chi connectivity index (χ0n) is 23.3. The van der Waals surface area contributed by atoms with E-state index in [-0.39, 0.29) is 11.3 Å². The standard InChI is InChI=1S/C32H30N2O7S/c1-3-5-13-39-21-8-6-7-19(16-21)28-27(29(35)20-9-12-24-25(17-20)41-15-14-40-24)30(36)31(37)34(28)32-33-23-11-10-22(38-4-2)18-26(23)42-32/h6-12,16-18,28,35H,3-5,13-15H2,1-2H3/b29-27+/t28-/m0/s1. The molecule has 6 rings (SSSR count). The number of rotatable bonds is 9. The molecule has 10 heteroatoms. The van der Waals surface area contributed by atoms with E-state index in [1.54, 1.807) is 24.3 Å². The number of ether oxygens (including phenoxy) is 4. The van der Waals surface area contributed by atoms with Crippen LogP contribution in [0.5, 0.6) is 23.0 Å². The van der Waals surface area contributed by atoms with Crippen molar-refractivity contribution in [1.82, 2.24) is 4.98 Å². The van der Waals surface area contributed by atoms with Crippen LogP contribution in [0.25, 0.3) is 16.0 Å². The number of benzene rings is 3. The first-order valence-electron chi connectivity index (χ1n) is 14.0. The SMILES string of the molecule is CCCCOc1cccc([C@H]2/C(=C(\O)c3ccc4c(c3)OCCO4)C(=O)C(=O)N2c2nc3ccc(OCC)cc3s2)c1. The van der Waals surface area contributed by atoms with Gasteiger partial charge in [0.1, 0.15) is 30.5 Å². The highest BCUT2D eigenvalue weighted by atomic mass is 32.1. The molecule has 1 N–H and O–H groups in total. The number of aromatic nitrogens is 1. The number of ketones is 1. The second-order valence-corrected chi connectivity index (χ2v) is 10.9. The fourth-order valence-corrected chi connectivity index (χ4v) is 6.07. The quantitative estimate of drug-likeness (QED) is 0.106. The Morgan fingerprint density at radius 2 is 1.81 bits per heavy atom. The maximum Gasteiger partial charge on any atom is 0.301 e. The molecular formula is C32H30N2O7S. The van der Waals surface area contributed by atoms with Crippen LogP contribution >= 0.6 is 11.3 Å². The number of carbonyl (C=O) groups is 2. The van der Waals surface area contributed by atoms with E-state index in [1.807, 2.05) is 43.3 Å². The second kappa shape index (κ2) is 11.7. The predicted octanol–water partition coefficient (Wildman–Crippen LogP) is 6.27. The zero-order valence-corrected chi connectivity index (χ0v) is 24.1. The highest BCUT2D eigenvalue weighted by Gasteiger charge is 2.48. The summed E-state index contributed by atoms with van der Waals surface area (Å²) in [6, 6.07) is 16.8. The van der Waals surface area contributed by atoms with Crippen molar-refractivity contribution in [2.24, 2.45) is 0 Å². The van der Waals surface area contributed by atoms with Crippen LogP contribution in [0.15, 0.2) is 66.2 Å². The Labute approximate surface area is 246 Å². The van der Waals surface area contributed by atoms with Gasteiger partial charge in [-0.2, -0.15) is 0 Å². The lowest BCUT2D eigenvalue weighted by atomic mass is 9.95. The average molecular weight is 587 g/mol. The molecule has 0 radical (unpaired) electrons. The fourth-order valence-electron chi connectivity index (χ4n) is 5.05. The lowest BCUT2D eigenvalue weighted by Gasteiger charge is -2.24.